The van der Waals surface area contributed by atoms with Crippen molar-refractivity contribution in [2.75, 3.05) is 9.80 Å². The molecule has 0 N–H and O–H groups in total. The topological polar surface area (TPSA) is 6.48 Å². The summed E-state index contributed by atoms with van der Waals surface area (Å²) in [6.45, 7) is 22.0. The van der Waals surface area contributed by atoms with E-state index >= 15 is 0 Å². The summed E-state index contributed by atoms with van der Waals surface area (Å²) in [5.41, 5.74) is 31.5. The highest BCUT2D eigenvalue weighted by Crippen LogP contribution is 2.64. The maximum Gasteiger partial charge on any atom is 0.0540 e. The first-order chi connectivity index (χ1) is 39.1. The lowest BCUT2D eigenvalue weighted by Gasteiger charge is -2.38. The lowest BCUT2D eigenvalue weighted by Crippen LogP contribution is -2.30. The molecule has 15 rings (SSSR count). The molecular formula is C79H70N2. The van der Waals surface area contributed by atoms with Crippen LogP contribution >= 0.6 is 0 Å². The normalized spacial score (nSPS) is 20.3. The smallest absolute Gasteiger partial charge is 0.0540 e. The molecule has 6 aliphatic carbocycles. The molecule has 0 aliphatic heterocycles. The molecule has 9 aromatic rings. The number of nitrogens with zero attached hydrogens (tertiary/aromatic N) is 2. The third-order valence-corrected chi connectivity index (χ3v) is 20.5. The van der Waals surface area contributed by atoms with Crippen LogP contribution in [0.15, 0.2) is 247 Å². The van der Waals surface area contributed by atoms with E-state index in [1.54, 1.807) is 0 Å². The van der Waals surface area contributed by atoms with Crippen LogP contribution in [0.5, 0.6) is 0 Å². The Bertz CT molecular complexity index is 4250. The second kappa shape index (κ2) is 17.5. The Morgan fingerprint density at radius 2 is 0.951 bits per heavy atom. The minimum absolute atomic E-state index is 0.0498. The van der Waals surface area contributed by atoms with E-state index in [2.05, 4.69) is 303 Å². The average molecular weight is 1050 g/mol. The van der Waals surface area contributed by atoms with Gasteiger partial charge < -0.3 is 9.80 Å². The van der Waals surface area contributed by atoms with E-state index in [1.165, 1.54) is 129 Å². The Labute approximate surface area is 480 Å². The van der Waals surface area contributed by atoms with Gasteiger partial charge in [-0.1, -0.05) is 232 Å². The highest BCUT2D eigenvalue weighted by atomic mass is 15.2. The van der Waals surface area contributed by atoms with Crippen molar-refractivity contribution in [1.29, 1.82) is 0 Å². The summed E-state index contributed by atoms with van der Waals surface area (Å²) >= 11 is 0. The number of fused-ring (bicyclic) bond motifs is 11. The largest absolute Gasteiger partial charge is 0.310 e. The maximum atomic E-state index is 2.64. The van der Waals surface area contributed by atoms with Gasteiger partial charge in [0.25, 0.3) is 0 Å². The number of para-hydroxylation sites is 4. The molecule has 2 unspecified atom stereocenters. The molecule has 2 atom stereocenters. The SMILES string of the molecule is CC1(C)C2=CC(N(c3ccccc3)c3ccccc3-c3cccc4c3C3=C(C=C5c6ccc(-c7ccccc7N(c7ccccc7)c7ccc8c(c7)C(C)(C)c7ccccc7-8)cc6C(C)(C)C5C3)C4(C)C)=CCC2(C)c2ccccc21. The van der Waals surface area contributed by atoms with E-state index in [9.17, 15) is 0 Å². The molecule has 81 heavy (non-hydrogen) atoms. The minimum Gasteiger partial charge on any atom is -0.310 e. The van der Waals surface area contributed by atoms with Crippen molar-refractivity contribution in [2.24, 2.45) is 5.92 Å². The summed E-state index contributed by atoms with van der Waals surface area (Å²) in [4.78, 5) is 5.03. The molecule has 396 valence electrons. The Hall–Kier alpha value is -8.46. The summed E-state index contributed by atoms with van der Waals surface area (Å²) in [5, 5.41) is 0. The lowest BCUT2D eigenvalue weighted by molar-refractivity contribution is 0.417. The fourth-order valence-corrected chi connectivity index (χ4v) is 16.3. The van der Waals surface area contributed by atoms with Crippen LogP contribution in [0.1, 0.15) is 120 Å². The van der Waals surface area contributed by atoms with Gasteiger partial charge in [0.1, 0.15) is 0 Å². The fraction of sp³-hybridized carbons (Fsp3) is 0.215. The van der Waals surface area contributed by atoms with Crippen molar-refractivity contribution < 1.29 is 0 Å². The highest BCUT2D eigenvalue weighted by Gasteiger charge is 2.52. The molecule has 0 saturated carbocycles. The first kappa shape index (κ1) is 49.6. The number of benzene rings is 9. The predicted octanol–water partition coefficient (Wildman–Crippen LogP) is 20.8. The molecule has 0 aromatic heterocycles. The summed E-state index contributed by atoms with van der Waals surface area (Å²) in [6.07, 6.45) is 9.62. The molecule has 0 fully saturated rings. The van der Waals surface area contributed by atoms with Crippen LogP contribution in [0.25, 0.3) is 44.5 Å². The summed E-state index contributed by atoms with van der Waals surface area (Å²) < 4.78 is 0. The molecule has 0 amide bonds. The molecule has 9 aromatic carbocycles. The van der Waals surface area contributed by atoms with Gasteiger partial charge >= 0.3 is 0 Å². The van der Waals surface area contributed by atoms with E-state index in [4.69, 9.17) is 0 Å². The van der Waals surface area contributed by atoms with Gasteiger partial charge in [-0.2, -0.15) is 0 Å². The summed E-state index contributed by atoms with van der Waals surface area (Å²) in [6, 6.07) is 80.1. The zero-order valence-corrected chi connectivity index (χ0v) is 48.3. The van der Waals surface area contributed by atoms with Gasteiger partial charge in [0.15, 0.2) is 0 Å². The first-order valence-electron chi connectivity index (χ1n) is 29.5. The average Bonchev–Trinajstić information content (AvgIpc) is 4.22. The fourth-order valence-electron chi connectivity index (χ4n) is 16.3. The third-order valence-electron chi connectivity index (χ3n) is 20.5. The quantitative estimate of drug-likeness (QED) is 0.150. The van der Waals surface area contributed by atoms with Crippen LogP contribution in [-0.4, -0.2) is 0 Å². The monoisotopic (exact) mass is 1050 g/mol. The highest BCUT2D eigenvalue weighted by molar-refractivity contribution is 6.00. The van der Waals surface area contributed by atoms with Crippen molar-refractivity contribution in [1.82, 2.24) is 0 Å². The molecule has 2 nitrogen and oxygen atoms in total. The Balaban J connectivity index is 0.818. The molecule has 0 saturated heterocycles. The van der Waals surface area contributed by atoms with Gasteiger partial charge in [-0.3, -0.25) is 0 Å². The summed E-state index contributed by atoms with van der Waals surface area (Å²) in [5.74, 6) is 0.314. The zero-order chi connectivity index (χ0) is 55.4. The molecule has 6 aliphatic rings. The molecule has 0 bridgehead atoms. The van der Waals surface area contributed by atoms with Crippen LogP contribution in [-0.2, 0) is 27.1 Å². The van der Waals surface area contributed by atoms with Crippen LogP contribution in [0.2, 0.25) is 0 Å². The second-order valence-corrected chi connectivity index (χ2v) is 26.3. The first-order valence-corrected chi connectivity index (χ1v) is 29.5. The van der Waals surface area contributed by atoms with Gasteiger partial charge in [0.2, 0.25) is 0 Å². The van der Waals surface area contributed by atoms with Crippen molar-refractivity contribution in [2.45, 2.75) is 102 Å². The van der Waals surface area contributed by atoms with Gasteiger partial charge in [-0.15, -0.1) is 0 Å². The molecule has 0 radical (unpaired) electrons. The van der Waals surface area contributed by atoms with Crippen LogP contribution in [0, 0.1) is 5.92 Å². The minimum atomic E-state index is -0.182. The predicted molar refractivity (Wildman–Crippen MR) is 341 cm³/mol. The van der Waals surface area contributed by atoms with Crippen molar-refractivity contribution in [3.05, 3.63) is 292 Å². The molecule has 0 heterocycles. The maximum absolute atomic E-state index is 2.64. The van der Waals surface area contributed by atoms with Crippen molar-refractivity contribution in [3.8, 4) is 33.4 Å². The van der Waals surface area contributed by atoms with E-state index in [0.29, 0.717) is 5.92 Å². The number of rotatable bonds is 8. The molecule has 2 heteroatoms. The van der Waals surface area contributed by atoms with Crippen LogP contribution in [0.3, 0.4) is 0 Å². The Kier molecular flexibility index (Phi) is 10.7. The van der Waals surface area contributed by atoms with Crippen LogP contribution in [0.4, 0.5) is 28.4 Å². The lowest BCUT2D eigenvalue weighted by atomic mass is 9.70. The zero-order valence-electron chi connectivity index (χ0n) is 48.3. The number of anilines is 5. The Morgan fingerprint density at radius 3 is 1.68 bits per heavy atom. The van der Waals surface area contributed by atoms with E-state index in [1.807, 2.05) is 0 Å². The van der Waals surface area contributed by atoms with E-state index < -0.39 is 0 Å². The Morgan fingerprint density at radius 1 is 0.383 bits per heavy atom. The summed E-state index contributed by atoms with van der Waals surface area (Å²) in [7, 11) is 0. The number of hydrogen-bond acceptors (Lipinski definition) is 2. The molecule has 0 spiro atoms. The molecular weight excluding hydrogens is 977 g/mol. The number of allylic oxidation sites excluding steroid dienone is 7. The standard InChI is InChI=1S/C79H70N2/c1-75(2)63-33-19-16-30-56(63)57-42-40-53(46-68(57)75)80(51-25-12-10-13-26-51)71-37-22-17-29-55(71)50-39-41-58-61-48-70-62(49-69(61)77(5,6)67(58)45-50)74-60(32-24-36-66(74)76(70,3)4)59-31-18-23-38-72(59)81(52-27-14-11-15-28-52)54-43-44-79(9)65-35-21-20-34-64(65)78(7,8)73(79)47-54/h10-43,45-48,69H,44,49H2,1-9H3. The van der Waals surface area contributed by atoms with Gasteiger partial charge in [-0.05, 0) is 174 Å². The third kappa shape index (κ3) is 7.05. The van der Waals surface area contributed by atoms with Gasteiger partial charge in [0.05, 0.1) is 11.4 Å². The van der Waals surface area contributed by atoms with E-state index in [-0.39, 0.29) is 27.1 Å². The number of hydrogen-bond donors (Lipinski definition) is 0. The van der Waals surface area contributed by atoms with Gasteiger partial charge in [-0.25, -0.2) is 0 Å². The van der Waals surface area contributed by atoms with E-state index in [0.717, 1.165) is 18.5 Å². The van der Waals surface area contributed by atoms with Crippen LogP contribution < -0.4 is 9.80 Å². The van der Waals surface area contributed by atoms with Gasteiger partial charge in [0, 0.05) is 55.5 Å². The van der Waals surface area contributed by atoms with Crippen molar-refractivity contribution in [3.63, 3.8) is 0 Å². The second-order valence-electron chi connectivity index (χ2n) is 26.3. The van der Waals surface area contributed by atoms with Crippen molar-refractivity contribution >= 4 is 39.6 Å².